The van der Waals surface area contributed by atoms with Crippen LogP contribution in [0.1, 0.15) is 44.2 Å². The maximum atomic E-state index is 16.7. The number of alkyl halides is 2. The predicted octanol–water partition coefficient (Wildman–Crippen LogP) is 3.83. The van der Waals surface area contributed by atoms with Gasteiger partial charge in [-0.05, 0) is 35.5 Å². The minimum atomic E-state index is -4.72. The standard InChI is InChI=1S/C32H35BF2N10O11P2S/c1-2-3-4-19(46)52-16-7-5-15(6-8-16)11-59-58(49)51-10-18-24(20(34)31(54-18)45-14-41-23-28(45)42-32(37)43-29(23)47)55-57(33,48)50-9-17-25(56-58)21(35)30(53-17)44-13-40-22-26(36)38-12-39-27(22)44/h5-8,12-14,17-18,20-21,24-25,30-31H,2-4,9-11H2,1H3,(H2,36,38,39)(H3,37,42,43,47)/t17-,18-,20-,21-,24-,25-,30-,31-,57+,58+/m1/s1. The Hall–Kier alpha value is -4.32. The largest absolute Gasteiger partial charge is 0.427 e. The van der Waals surface area contributed by atoms with Crippen LogP contribution in [0.3, 0.4) is 0 Å². The fraction of sp³-hybridized carbons (Fsp3) is 0.469. The number of unbranched alkanes of at least 4 members (excludes halogenated alkanes) is 1. The molecule has 27 heteroatoms. The van der Waals surface area contributed by atoms with E-state index in [-0.39, 0.29) is 52.2 Å². The van der Waals surface area contributed by atoms with Crippen LogP contribution in [0, 0.1) is 0 Å². The number of halogens is 2. The summed E-state index contributed by atoms with van der Waals surface area (Å²) in [7, 11) is 1.24. The molecule has 5 N–H and O–H groups in total. The number of imidazole rings is 2. The van der Waals surface area contributed by atoms with Crippen LogP contribution >= 0.6 is 25.7 Å². The number of nitrogen functional groups attached to an aromatic ring is 2. The van der Waals surface area contributed by atoms with E-state index in [0.29, 0.717) is 29.1 Å². The topological polar surface area (TPSA) is 275 Å². The second kappa shape index (κ2) is 16.6. The van der Waals surface area contributed by atoms with Crippen LogP contribution in [0.25, 0.3) is 22.3 Å². The fourth-order valence-electron chi connectivity index (χ4n) is 6.64. The molecule has 1 aromatic carbocycles. The van der Waals surface area contributed by atoms with E-state index < -0.39 is 82.3 Å². The summed E-state index contributed by atoms with van der Waals surface area (Å²) in [6, 6.07) is 6.37. The van der Waals surface area contributed by atoms with Gasteiger partial charge in [0.15, 0.2) is 47.4 Å². The Kier molecular flexibility index (Phi) is 11.7. The van der Waals surface area contributed by atoms with Crippen LogP contribution in [0.4, 0.5) is 20.5 Å². The second-order valence-corrected chi connectivity index (χ2v) is 19.2. The van der Waals surface area contributed by atoms with Crippen molar-refractivity contribution in [1.29, 1.82) is 0 Å². The monoisotopic (exact) mass is 878 g/mol. The van der Waals surface area contributed by atoms with Crippen molar-refractivity contribution >= 4 is 73.3 Å². The SMILES string of the molecule is [B][P@]1(=O)OC[C@H]2O[C@@H](n3cnc4c(N)ncnc43)[C@H](F)[C@@H]2O[P@@](=O)(SCc2ccc(OC(=O)CCCC)cc2)OC[C@H]2O[C@@H](n3cnc4c(=O)[nH]c(N)nc43)[C@H](F)[C@@H]2O1. The Morgan fingerprint density at radius 3 is 2.29 bits per heavy atom. The lowest BCUT2D eigenvalue weighted by Gasteiger charge is -2.30. The Balaban J connectivity index is 1.09. The molecule has 312 valence electrons. The van der Waals surface area contributed by atoms with E-state index >= 15 is 8.78 Å². The number of nitrogens with two attached hydrogens (primary N) is 2. The van der Waals surface area contributed by atoms with Crippen LogP contribution in [-0.2, 0) is 47.2 Å². The molecule has 3 saturated heterocycles. The molecule has 7 heterocycles. The highest BCUT2D eigenvalue weighted by molar-refractivity contribution is 8.54. The first-order valence-electron chi connectivity index (χ1n) is 18.1. The smallest absolute Gasteiger partial charge is 0.389 e. The zero-order valence-electron chi connectivity index (χ0n) is 30.8. The molecule has 10 atom stereocenters. The number of rotatable bonds is 9. The molecule has 21 nitrogen and oxygen atoms in total. The molecule has 0 saturated carbocycles. The maximum Gasteiger partial charge on any atom is 0.389 e. The zero-order valence-corrected chi connectivity index (χ0v) is 33.4. The van der Waals surface area contributed by atoms with Crippen molar-refractivity contribution in [2.45, 2.75) is 81.2 Å². The van der Waals surface area contributed by atoms with Gasteiger partial charge in [0.05, 0.1) is 25.9 Å². The molecule has 0 bridgehead atoms. The molecule has 0 amide bonds. The summed E-state index contributed by atoms with van der Waals surface area (Å²) in [4.78, 5) is 47.1. The van der Waals surface area contributed by atoms with Gasteiger partial charge in [0.2, 0.25) is 13.5 Å². The van der Waals surface area contributed by atoms with Crippen molar-refractivity contribution < 1.29 is 55.0 Å². The average molecular weight is 879 g/mol. The number of nitrogens with zero attached hydrogens (tertiary/aromatic N) is 7. The van der Waals surface area contributed by atoms with Gasteiger partial charge in [-0.2, -0.15) is 4.98 Å². The number of carbonyl (C=O) groups is 1. The normalized spacial score (nSPS) is 31.4. The van der Waals surface area contributed by atoms with Gasteiger partial charge in [-0.3, -0.25) is 37.3 Å². The molecule has 3 aliphatic heterocycles. The quantitative estimate of drug-likeness (QED) is 0.0821. The number of fused-ring (bicyclic) bond motifs is 4. The number of carbonyl (C=O) groups excluding carboxylic acids is 1. The van der Waals surface area contributed by atoms with Crippen molar-refractivity contribution in [2.24, 2.45) is 0 Å². The third-order valence-electron chi connectivity index (χ3n) is 9.53. The summed E-state index contributed by atoms with van der Waals surface area (Å²) in [5.41, 5.74) is 11.5. The van der Waals surface area contributed by atoms with Crippen molar-refractivity contribution in [1.82, 2.24) is 39.0 Å². The molecule has 0 unspecified atom stereocenters. The van der Waals surface area contributed by atoms with Crippen LogP contribution in [0.15, 0.2) is 48.0 Å². The van der Waals surface area contributed by atoms with Gasteiger partial charge < -0.3 is 34.7 Å². The van der Waals surface area contributed by atoms with Crippen LogP contribution in [0.5, 0.6) is 5.75 Å². The van der Waals surface area contributed by atoms with Gasteiger partial charge in [0.25, 0.3) is 13.0 Å². The molecule has 4 aromatic heterocycles. The maximum absolute atomic E-state index is 16.7. The summed E-state index contributed by atoms with van der Waals surface area (Å²) in [5, 5.41) is 0. The first-order valence-corrected chi connectivity index (χ1v) is 22.8. The number of nitrogens with one attached hydrogen (secondary N) is 1. The molecule has 5 aromatic rings. The average Bonchev–Trinajstić information content (AvgIpc) is 3.96. The first-order chi connectivity index (χ1) is 28.2. The molecule has 0 aliphatic carbocycles. The highest BCUT2D eigenvalue weighted by atomic mass is 32.7. The van der Waals surface area contributed by atoms with Gasteiger partial charge in [-0.25, -0.2) is 33.3 Å². The molecule has 59 heavy (non-hydrogen) atoms. The number of anilines is 2. The zero-order chi connectivity index (χ0) is 41.6. The number of aromatic amines is 1. The highest BCUT2D eigenvalue weighted by Gasteiger charge is 2.54. The number of aromatic nitrogens is 8. The summed E-state index contributed by atoms with van der Waals surface area (Å²) in [6.07, 6.45) is -8.80. The van der Waals surface area contributed by atoms with E-state index in [0.717, 1.165) is 23.6 Å². The Morgan fingerprint density at radius 1 is 0.949 bits per heavy atom. The Bertz CT molecular complexity index is 2520. The van der Waals surface area contributed by atoms with E-state index in [2.05, 4.69) is 29.9 Å². The molecular weight excluding hydrogens is 843 g/mol. The summed E-state index contributed by atoms with van der Waals surface area (Å²) in [5.74, 6) is -0.408. The summed E-state index contributed by atoms with van der Waals surface area (Å²) in [6.45, 7) is -4.10. The predicted molar refractivity (Wildman–Crippen MR) is 205 cm³/mol. The van der Waals surface area contributed by atoms with Gasteiger partial charge >= 0.3 is 12.8 Å². The highest BCUT2D eigenvalue weighted by Crippen LogP contribution is 2.65. The summed E-state index contributed by atoms with van der Waals surface area (Å²) >= 11 is 0.664. The molecule has 2 radical (unpaired) electrons. The number of ether oxygens (including phenoxy) is 3. The lowest BCUT2D eigenvalue weighted by atomic mass is 10.1. The van der Waals surface area contributed by atoms with E-state index in [4.69, 9.17) is 51.3 Å². The lowest BCUT2D eigenvalue weighted by Crippen LogP contribution is -2.37. The van der Waals surface area contributed by atoms with Crippen molar-refractivity contribution in [3.63, 3.8) is 0 Å². The van der Waals surface area contributed by atoms with E-state index in [1.807, 2.05) is 6.92 Å². The number of H-pyrrole nitrogens is 1. The van der Waals surface area contributed by atoms with Gasteiger partial charge in [-0.15, -0.1) is 0 Å². The minimum absolute atomic E-state index is 0.0166. The summed E-state index contributed by atoms with van der Waals surface area (Å²) < 4.78 is 104. The van der Waals surface area contributed by atoms with E-state index in [1.54, 1.807) is 24.3 Å². The van der Waals surface area contributed by atoms with Crippen molar-refractivity contribution in [2.75, 3.05) is 24.7 Å². The second-order valence-electron chi connectivity index (χ2n) is 13.6. The van der Waals surface area contributed by atoms with E-state index in [1.165, 1.54) is 10.9 Å². The third-order valence-corrected chi connectivity index (χ3v) is 14.2. The van der Waals surface area contributed by atoms with Crippen molar-refractivity contribution in [3.05, 3.63) is 59.2 Å². The van der Waals surface area contributed by atoms with Crippen LogP contribution in [0.2, 0.25) is 0 Å². The Morgan fingerprint density at radius 2 is 1.59 bits per heavy atom. The number of hydrogen-bond donors (Lipinski definition) is 3. The fourth-order valence-corrected chi connectivity index (χ4v) is 11.0. The lowest BCUT2D eigenvalue weighted by molar-refractivity contribution is -0.134. The minimum Gasteiger partial charge on any atom is -0.427 e. The van der Waals surface area contributed by atoms with Crippen LogP contribution < -0.4 is 21.8 Å². The van der Waals surface area contributed by atoms with Crippen molar-refractivity contribution in [3.8, 4) is 5.75 Å². The number of benzene rings is 1. The molecule has 3 aliphatic rings. The number of hydrogen-bond acceptors (Lipinski definition) is 19. The van der Waals surface area contributed by atoms with E-state index in [9.17, 15) is 18.7 Å². The first kappa shape index (κ1) is 41.4. The van der Waals surface area contributed by atoms with Gasteiger partial charge in [0, 0.05) is 12.2 Å². The van der Waals surface area contributed by atoms with Gasteiger partial charge in [0.1, 0.15) is 42.0 Å². The molecule has 8 rings (SSSR count). The Labute approximate surface area is 337 Å². The van der Waals surface area contributed by atoms with Crippen LogP contribution in [-0.4, -0.2) is 103 Å². The van der Waals surface area contributed by atoms with Gasteiger partial charge in [-0.1, -0.05) is 25.5 Å². The molecular formula is C32H35BF2N10O11P2S. The third kappa shape index (κ3) is 8.53. The molecule has 3 fully saturated rings. The molecule has 0 spiro atoms. The number of esters is 1.